The lowest BCUT2D eigenvalue weighted by Crippen LogP contribution is -2.17. The highest BCUT2D eigenvalue weighted by Crippen LogP contribution is 2.13. The van der Waals surface area contributed by atoms with Crippen LogP contribution in [0.2, 0.25) is 0 Å². The van der Waals surface area contributed by atoms with Crippen LogP contribution in [0.1, 0.15) is 17.4 Å². The lowest BCUT2D eigenvalue weighted by Gasteiger charge is -2.11. The first-order valence-electron chi connectivity index (χ1n) is 5.04. The largest absolute Gasteiger partial charge is 0.337 e. The molecule has 0 aliphatic carbocycles. The Morgan fingerprint density at radius 2 is 2.07 bits per heavy atom. The molecule has 3 heteroatoms. The molecule has 0 spiro atoms. The number of hydrogen-bond donors (Lipinski definition) is 1. The highest BCUT2D eigenvalue weighted by Gasteiger charge is 2.10. The van der Waals surface area contributed by atoms with Gasteiger partial charge in [0.05, 0.1) is 6.04 Å². The number of aryl methyl sites for hydroxylation is 1. The van der Waals surface area contributed by atoms with Crippen LogP contribution in [0, 0.1) is 0 Å². The number of rotatable bonds is 3. The summed E-state index contributed by atoms with van der Waals surface area (Å²) >= 11 is 0. The van der Waals surface area contributed by atoms with Crippen LogP contribution in [0.15, 0.2) is 42.7 Å². The Balaban J connectivity index is 2.11. The van der Waals surface area contributed by atoms with Gasteiger partial charge >= 0.3 is 0 Å². The van der Waals surface area contributed by atoms with Gasteiger partial charge in [0.1, 0.15) is 5.82 Å². The molecule has 1 aromatic carbocycles. The van der Waals surface area contributed by atoms with E-state index >= 15 is 0 Å². The molecule has 0 fully saturated rings. The molecule has 1 aromatic heterocycles. The van der Waals surface area contributed by atoms with Gasteiger partial charge in [-0.25, -0.2) is 4.98 Å². The van der Waals surface area contributed by atoms with Crippen molar-refractivity contribution in [2.75, 3.05) is 0 Å². The first-order valence-corrected chi connectivity index (χ1v) is 5.04. The molecular weight excluding hydrogens is 186 g/mol. The minimum Gasteiger partial charge on any atom is -0.337 e. The molecule has 3 nitrogen and oxygen atoms in total. The predicted molar refractivity (Wildman–Crippen MR) is 60.3 cm³/mol. The quantitative estimate of drug-likeness (QED) is 0.820. The summed E-state index contributed by atoms with van der Waals surface area (Å²) in [6.07, 6.45) is 4.52. The van der Waals surface area contributed by atoms with E-state index in [0.29, 0.717) is 0 Å². The van der Waals surface area contributed by atoms with Gasteiger partial charge in [0.2, 0.25) is 0 Å². The second kappa shape index (κ2) is 4.28. The minimum atomic E-state index is -0.0348. The third-order valence-corrected chi connectivity index (χ3v) is 2.49. The van der Waals surface area contributed by atoms with Crippen LogP contribution in [0.4, 0.5) is 0 Å². The van der Waals surface area contributed by atoms with Gasteiger partial charge in [-0.05, 0) is 12.0 Å². The van der Waals surface area contributed by atoms with E-state index in [1.165, 1.54) is 5.56 Å². The van der Waals surface area contributed by atoms with E-state index in [1.54, 1.807) is 6.20 Å². The molecule has 1 heterocycles. The Morgan fingerprint density at radius 1 is 1.33 bits per heavy atom. The van der Waals surface area contributed by atoms with Crippen LogP contribution >= 0.6 is 0 Å². The average molecular weight is 201 g/mol. The van der Waals surface area contributed by atoms with Gasteiger partial charge in [-0.1, -0.05) is 30.3 Å². The SMILES string of the molecule is Cn1ccnc1[C@H](N)Cc1ccccc1. The molecule has 15 heavy (non-hydrogen) atoms. The van der Waals surface area contributed by atoms with Crippen molar-refractivity contribution >= 4 is 0 Å². The molecule has 0 aliphatic heterocycles. The summed E-state index contributed by atoms with van der Waals surface area (Å²) in [5.41, 5.74) is 7.33. The summed E-state index contributed by atoms with van der Waals surface area (Å²) in [5.74, 6) is 0.929. The lowest BCUT2D eigenvalue weighted by atomic mass is 10.1. The van der Waals surface area contributed by atoms with Gasteiger partial charge < -0.3 is 10.3 Å². The highest BCUT2D eigenvalue weighted by atomic mass is 15.1. The van der Waals surface area contributed by atoms with Gasteiger partial charge in [-0.3, -0.25) is 0 Å². The Morgan fingerprint density at radius 3 is 2.67 bits per heavy atom. The molecule has 1 atom stereocenters. The monoisotopic (exact) mass is 201 g/mol. The third kappa shape index (κ3) is 2.25. The van der Waals surface area contributed by atoms with Crippen molar-refractivity contribution in [2.45, 2.75) is 12.5 Å². The van der Waals surface area contributed by atoms with Crippen molar-refractivity contribution in [1.82, 2.24) is 9.55 Å². The van der Waals surface area contributed by atoms with E-state index in [-0.39, 0.29) is 6.04 Å². The summed E-state index contributed by atoms with van der Waals surface area (Å²) < 4.78 is 1.97. The van der Waals surface area contributed by atoms with Crippen molar-refractivity contribution in [3.63, 3.8) is 0 Å². The second-order valence-electron chi connectivity index (χ2n) is 3.69. The van der Waals surface area contributed by atoms with Crippen molar-refractivity contribution in [2.24, 2.45) is 12.8 Å². The molecule has 0 saturated heterocycles. The molecule has 2 rings (SSSR count). The number of hydrogen-bond acceptors (Lipinski definition) is 2. The maximum absolute atomic E-state index is 6.09. The van der Waals surface area contributed by atoms with Crippen LogP contribution in [0.3, 0.4) is 0 Å². The number of nitrogens with two attached hydrogens (primary N) is 1. The highest BCUT2D eigenvalue weighted by molar-refractivity contribution is 5.17. The smallest absolute Gasteiger partial charge is 0.125 e. The van der Waals surface area contributed by atoms with E-state index in [9.17, 15) is 0 Å². The molecule has 0 bridgehead atoms. The Kier molecular flexibility index (Phi) is 2.83. The summed E-state index contributed by atoms with van der Waals surface area (Å²) in [6, 6.07) is 10.2. The van der Waals surface area contributed by atoms with E-state index in [0.717, 1.165) is 12.2 Å². The molecule has 0 radical (unpaired) electrons. The van der Waals surface area contributed by atoms with Crippen LogP contribution in [-0.2, 0) is 13.5 Å². The fourth-order valence-corrected chi connectivity index (χ4v) is 1.69. The van der Waals surface area contributed by atoms with Crippen LogP contribution < -0.4 is 5.73 Å². The molecule has 0 saturated carbocycles. The van der Waals surface area contributed by atoms with Crippen molar-refractivity contribution in [3.8, 4) is 0 Å². The molecule has 0 amide bonds. The van der Waals surface area contributed by atoms with E-state index in [4.69, 9.17) is 5.73 Å². The standard InChI is InChI=1S/C12H15N3/c1-15-8-7-14-12(15)11(13)9-10-5-3-2-4-6-10/h2-8,11H,9,13H2,1H3/t11-/m1/s1. The average Bonchev–Trinajstić information content (AvgIpc) is 2.66. The molecule has 0 aliphatic rings. The van der Waals surface area contributed by atoms with Gasteiger partial charge in [0, 0.05) is 19.4 Å². The zero-order chi connectivity index (χ0) is 10.7. The first kappa shape index (κ1) is 9.93. The van der Waals surface area contributed by atoms with Gasteiger partial charge in [-0.15, -0.1) is 0 Å². The molecule has 0 unspecified atom stereocenters. The van der Waals surface area contributed by atoms with Crippen LogP contribution in [0.25, 0.3) is 0 Å². The van der Waals surface area contributed by atoms with E-state index in [1.807, 2.05) is 36.0 Å². The summed E-state index contributed by atoms with van der Waals surface area (Å²) in [5, 5.41) is 0. The summed E-state index contributed by atoms with van der Waals surface area (Å²) in [7, 11) is 1.97. The predicted octanol–water partition coefficient (Wildman–Crippen LogP) is 1.66. The number of benzene rings is 1. The zero-order valence-electron chi connectivity index (χ0n) is 8.80. The van der Waals surface area contributed by atoms with Gasteiger partial charge in [0.15, 0.2) is 0 Å². The van der Waals surface area contributed by atoms with Gasteiger partial charge in [0.25, 0.3) is 0 Å². The molecule has 78 valence electrons. The zero-order valence-corrected chi connectivity index (χ0v) is 8.80. The molecule has 2 aromatic rings. The van der Waals surface area contributed by atoms with Crippen molar-refractivity contribution < 1.29 is 0 Å². The third-order valence-electron chi connectivity index (χ3n) is 2.49. The fourth-order valence-electron chi connectivity index (χ4n) is 1.69. The Hall–Kier alpha value is -1.61. The minimum absolute atomic E-state index is 0.0348. The molecular formula is C12H15N3. The number of imidazole rings is 1. The van der Waals surface area contributed by atoms with Crippen LogP contribution in [-0.4, -0.2) is 9.55 Å². The molecule has 2 N–H and O–H groups in total. The fraction of sp³-hybridized carbons (Fsp3) is 0.250. The normalized spacial score (nSPS) is 12.7. The summed E-state index contributed by atoms with van der Waals surface area (Å²) in [4.78, 5) is 4.25. The number of nitrogens with zero attached hydrogens (tertiary/aromatic N) is 2. The van der Waals surface area contributed by atoms with Crippen LogP contribution in [0.5, 0.6) is 0 Å². The summed E-state index contributed by atoms with van der Waals surface area (Å²) in [6.45, 7) is 0. The first-order chi connectivity index (χ1) is 7.27. The van der Waals surface area contributed by atoms with Gasteiger partial charge in [-0.2, -0.15) is 0 Å². The number of aromatic nitrogens is 2. The van der Waals surface area contributed by atoms with E-state index in [2.05, 4.69) is 17.1 Å². The Labute approximate surface area is 89.6 Å². The maximum atomic E-state index is 6.09. The van der Waals surface area contributed by atoms with E-state index < -0.39 is 0 Å². The van der Waals surface area contributed by atoms with Crippen molar-refractivity contribution in [3.05, 3.63) is 54.1 Å². The van der Waals surface area contributed by atoms with Crippen molar-refractivity contribution in [1.29, 1.82) is 0 Å². The topological polar surface area (TPSA) is 43.8 Å². The Bertz CT molecular complexity index is 419. The lowest BCUT2D eigenvalue weighted by molar-refractivity contribution is 0.632. The second-order valence-corrected chi connectivity index (χ2v) is 3.69. The maximum Gasteiger partial charge on any atom is 0.125 e.